The third-order valence-corrected chi connectivity index (χ3v) is 5.32. The molecule has 0 aliphatic heterocycles. The number of halogens is 2. The van der Waals surface area contributed by atoms with Crippen LogP contribution in [0.5, 0.6) is 0 Å². The Morgan fingerprint density at radius 1 is 0.737 bits per heavy atom. The molecule has 0 radical (unpaired) electrons. The quantitative estimate of drug-likeness (QED) is 0.389. The number of hydrogen-bond donors (Lipinski definition) is 0. The fourth-order valence-corrected chi connectivity index (χ4v) is 4.17. The third kappa shape index (κ3) is 6.95. The molecule has 0 aromatic heterocycles. The second kappa shape index (κ2) is 12.6. The van der Waals surface area contributed by atoms with Crippen LogP contribution in [0.1, 0.15) is 13.3 Å². The SMILES string of the molecule is CCCP(c1ccccc1)c1ccccc1.[Cl-].[Cl-].[Ra+2]. The Morgan fingerprint density at radius 2 is 1.11 bits per heavy atom. The van der Waals surface area contributed by atoms with Gasteiger partial charge in [0, 0.05) is 0 Å². The molecular formula is C15H17Cl2PRa. The zero-order valence-corrected chi connectivity index (χ0v) is 19.3. The van der Waals surface area contributed by atoms with Gasteiger partial charge in [0.25, 0.3) is 0 Å². The maximum absolute atomic E-state index is 2.27. The first kappa shape index (κ1) is 22.2. The molecule has 0 saturated heterocycles. The van der Waals surface area contributed by atoms with Crippen LogP contribution in [0.25, 0.3) is 0 Å². The maximum Gasteiger partial charge on any atom is 2.00 e. The van der Waals surface area contributed by atoms with Gasteiger partial charge in [-0.15, -0.1) is 0 Å². The predicted molar refractivity (Wildman–Crippen MR) is 74.2 cm³/mol. The average molecular weight is 525 g/mol. The molecule has 0 aliphatic carbocycles. The molecule has 4 heteroatoms. The average Bonchev–Trinajstić information content (AvgIpc) is 2.38. The molecule has 0 N–H and O–H groups in total. The Bertz CT molecular complexity index is 383. The van der Waals surface area contributed by atoms with Crippen LogP contribution in [0.2, 0.25) is 0 Å². The minimum atomic E-state index is -0.151. The summed E-state index contributed by atoms with van der Waals surface area (Å²) in [7, 11) is -0.151. The van der Waals surface area contributed by atoms with Crippen LogP contribution in [-0.2, 0) is 0 Å². The van der Waals surface area contributed by atoms with Crippen molar-refractivity contribution >= 4 is 18.5 Å². The molecule has 0 atom stereocenters. The van der Waals surface area contributed by atoms with Crippen molar-refractivity contribution in [3.05, 3.63) is 60.7 Å². The van der Waals surface area contributed by atoms with Crippen LogP contribution in [0.4, 0.5) is 0 Å². The maximum atomic E-state index is 2.27. The third-order valence-electron chi connectivity index (χ3n) is 2.58. The molecule has 19 heavy (non-hydrogen) atoms. The smallest absolute Gasteiger partial charge is 1.00 e. The van der Waals surface area contributed by atoms with Crippen LogP contribution in [-0.4, -0.2) is 6.16 Å². The molecule has 0 amide bonds. The molecule has 2 rings (SSSR count). The second-order valence-electron chi connectivity index (χ2n) is 3.82. The van der Waals surface area contributed by atoms with Gasteiger partial charge in [0.15, 0.2) is 0 Å². The molecule has 2 aromatic carbocycles. The van der Waals surface area contributed by atoms with Crippen LogP contribution >= 0.6 is 7.92 Å². The molecule has 0 heterocycles. The van der Waals surface area contributed by atoms with Gasteiger partial charge in [0.05, 0.1) is 0 Å². The molecule has 2 aromatic rings. The van der Waals surface area contributed by atoms with E-state index in [1.54, 1.807) is 0 Å². The van der Waals surface area contributed by atoms with Crippen LogP contribution < -0.4 is 35.4 Å². The molecule has 0 unspecified atom stereocenters. The Kier molecular flexibility index (Phi) is 14.8. The Hall–Kier alpha value is 0.918. The minimum Gasteiger partial charge on any atom is -1.00 e. The van der Waals surface area contributed by atoms with E-state index < -0.39 is 0 Å². The summed E-state index contributed by atoms with van der Waals surface area (Å²) in [4.78, 5) is 0. The fourth-order valence-electron chi connectivity index (χ4n) is 1.85. The Morgan fingerprint density at radius 3 is 1.42 bits per heavy atom. The Labute approximate surface area is 166 Å². The van der Waals surface area contributed by atoms with E-state index in [1.807, 2.05) is 0 Å². The van der Waals surface area contributed by atoms with Gasteiger partial charge in [-0.2, -0.15) is 0 Å². The summed E-state index contributed by atoms with van der Waals surface area (Å²) in [5.74, 6) is 0. The summed E-state index contributed by atoms with van der Waals surface area (Å²) in [5, 5.41) is 2.98. The van der Waals surface area contributed by atoms with Crippen LogP contribution in [0.3, 0.4) is 0 Å². The van der Waals surface area contributed by atoms with Gasteiger partial charge in [0.2, 0.25) is 0 Å². The van der Waals surface area contributed by atoms with Crippen LogP contribution in [0.15, 0.2) is 60.7 Å². The monoisotopic (exact) mass is 524 g/mol. The zero-order valence-electron chi connectivity index (χ0n) is 11.1. The first-order valence-electron chi connectivity index (χ1n) is 5.79. The van der Waals surface area contributed by atoms with E-state index >= 15 is 0 Å². The van der Waals surface area contributed by atoms with E-state index in [2.05, 4.69) is 67.6 Å². The normalized spacial score (nSPS) is 8.95. The first-order valence-corrected chi connectivity index (χ1v) is 7.32. The van der Waals surface area contributed by atoms with Gasteiger partial charge in [0.1, 0.15) is 0 Å². The summed E-state index contributed by atoms with van der Waals surface area (Å²) in [5.41, 5.74) is 0. The van der Waals surface area contributed by atoms with Crippen molar-refractivity contribution in [1.29, 1.82) is 0 Å². The largest absolute Gasteiger partial charge is 2.00 e. The molecular weight excluding hydrogens is 508 g/mol. The summed E-state index contributed by atoms with van der Waals surface area (Å²) in [6.07, 6.45) is 2.53. The minimum absolute atomic E-state index is 0. The van der Waals surface area contributed by atoms with Crippen molar-refractivity contribution in [3.63, 3.8) is 0 Å². The summed E-state index contributed by atoms with van der Waals surface area (Å²) in [6, 6.07) is 21.8. The summed E-state index contributed by atoms with van der Waals surface area (Å²) < 4.78 is 0. The van der Waals surface area contributed by atoms with Gasteiger partial charge in [-0.1, -0.05) is 74.0 Å². The summed E-state index contributed by atoms with van der Waals surface area (Å²) in [6.45, 7) is 2.27. The van der Waals surface area contributed by atoms with Crippen molar-refractivity contribution in [1.82, 2.24) is 0 Å². The molecule has 98 valence electrons. The molecule has 0 aliphatic rings. The van der Waals surface area contributed by atoms with E-state index in [0.717, 1.165) is 0 Å². The number of benzene rings is 2. The number of rotatable bonds is 4. The second-order valence-corrected chi connectivity index (χ2v) is 6.16. The van der Waals surface area contributed by atoms with Gasteiger partial charge in [-0.3, -0.25) is 0 Å². The zero-order chi connectivity index (χ0) is 11.2. The Balaban J connectivity index is 0. The van der Waals surface area contributed by atoms with E-state index in [0.29, 0.717) is 0 Å². The number of hydrogen-bond acceptors (Lipinski definition) is 0. The van der Waals surface area contributed by atoms with Crippen molar-refractivity contribution in [2.45, 2.75) is 13.3 Å². The van der Waals surface area contributed by atoms with Crippen LogP contribution in [0, 0.1) is 45.0 Å². The van der Waals surface area contributed by atoms with Crippen molar-refractivity contribution in [2.75, 3.05) is 6.16 Å². The molecule has 0 bridgehead atoms. The van der Waals surface area contributed by atoms with Gasteiger partial charge < -0.3 is 24.8 Å². The van der Waals surface area contributed by atoms with Crippen molar-refractivity contribution in [3.8, 4) is 0 Å². The van der Waals surface area contributed by atoms with Gasteiger partial charge >= 0.3 is 45.0 Å². The van der Waals surface area contributed by atoms with Gasteiger partial charge in [-0.05, 0) is 24.7 Å². The van der Waals surface area contributed by atoms with Crippen molar-refractivity contribution < 1.29 is 69.8 Å². The molecule has 0 spiro atoms. The van der Waals surface area contributed by atoms with E-state index in [1.165, 1.54) is 23.2 Å². The molecule has 0 nitrogen and oxygen atoms in total. The molecule has 0 saturated carbocycles. The molecule has 0 fully saturated rings. The summed E-state index contributed by atoms with van der Waals surface area (Å²) >= 11 is 0. The van der Waals surface area contributed by atoms with E-state index in [4.69, 9.17) is 0 Å². The fraction of sp³-hybridized carbons (Fsp3) is 0.200. The first-order chi connectivity index (χ1) is 7.92. The van der Waals surface area contributed by atoms with E-state index in [9.17, 15) is 0 Å². The van der Waals surface area contributed by atoms with Gasteiger partial charge in [-0.25, -0.2) is 0 Å². The van der Waals surface area contributed by atoms with Crippen molar-refractivity contribution in [2.24, 2.45) is 0 Å². The van der Waals surface area contributed by atoms with E-state index in [-0.39, 0.29) is 77.7 Å². The standard InChI is InChI=1S/C15H17P.2ClH.Ra/c1-2-13-16(14-9-5-3-6-10-14)15-11-7-4-8-12-15;;;/h3-12H,2,13H2,1H3;2*1H;/q;;;+2/p-2. The topological polar surface area (TPSA) is 0 Å². The predicted octanol–water partition coefficient (Wildman–Crippen LogP) is -2.46.